The third-order valence-corrected chi connectivity index (χ3v) is 5.43. The maximum atomic E-state index is 8.79. The molecule has 0 aliphatic carbocycles. The molecule has 0 fully saturated rings. The number of hydrogen-bond donors (Lipinski definition) is 3. The molecule has 7 heteroatoms. The Labute approximate surface area is 213 Å². The van der Waals surface area contributed by atoms with E-state index in [1.54, 1.807) is 7.05 Å². The molecule has 0 aromatic heterocycles. The second-order valence-electron chi connectivity index (χ2n) is 8.00. The minimum Gasteiger partial charge on any atom is -0.492 e. The van der Waals surface area contributed by atoms with E-state index < -0.39 is 0 Å². The fourth-order valence-corrected chi connectivity index (χ4v) is 3.59. The van der Waals surface area contributed by atoms with Crippen LogP contribution in [0.5, 0.6) is 17.2 Å². The Bertz CT molecular complexity index is 1130. The summed E-state index contributed by atoms with van der Waals surface area (Å²) in [4.78, 5) is 4.03. The van der Waals surface area contributed by atoms with Crippen molar-refractivity contribution in [3.63, 3.8) is 0 Å². The zero-order valence-corrected chi connectivity index (χ0v) is 20.8. The Morgan fingerprint density at radius 2 is 1.61 bits per heavy atom. The first-order valence-electron chi connectivity index (χ1n) is 12.0. The number of amidine groups is 1. The molecule has 36 heavy (non-hydrogen) atoms. The van der Waals surface area contributed by atoms with Crippen LogP contribution in [0.15, 0.2) is 84.4 Å². The molecule has 0 radical (unpaired) electrons. The SMILES string of the molecule is C=CCc1cc(-c2ccc(C(N)=NC)cc2)ccc1OCCOc1cccc(OCCNCCO)c1. The Morgan fingerprint density at radius 3 is 2.31 bits per heavy atom. The van der Waals surface area contributed by atoms with Crippen molar-refractivity contribution in [2.45, 2.75) is 6.42 Å². The average molecular weight is 490 g/mol. The van der Waals surface area contributed by atoms with E-state index in [2.05, 4.69) is 23.0 Å². The van der Waals surface area contributed by atoms with Gasteiger partial charge in [-0.05, 0) is 47.4 Å². The lowest BCUT2D eigenvalue weighted by atomic mass is 9.99. The summed E-state index contributed by atoms with van der Waals surface area (Å²) < 4.78 is 17.6. The van der Waals surface area contributed by atoms with Crippen molar-refractivity contribution in [2.24, 2.45) is 10.7 Å². The van der Waals surface area contributed by atoms with E-state index in [0.29, 0.717) is 45.2 Å². The first-order chi connectivity index (χ1) is 17.6. The predicted octanol–water partition coefficient (Wildman–Crippen LogP) is 3.84. The van der Waals surface area contributed by atoms with Gasteiger partial charge in [-0.25, -0.2) is 0 Å². The third kappa shape index (κ3) is 8.15. The van der Waals surface area contributed by atoms with E-state index >= 15 is 0 Å². The third-order valence-electron chi connectivity index (χ3n) is 5.43. The monoisotopic (exact) mass is 489 g/mol. The van der Waals surface area contributed by atoms with Gasteiger partial charge in [-0.3, -0.25) is 4.99 Å². The highest BCUT2D eigenvalue weighted by molar-refractivity contribution is 5.97. The maximum Gasteiger partial charge on any atom is 0.125 e. The van der Waals surface area contributed by atoms with Crippen molar-refractivity contribution in [3.8, 4) is 28.4 Å². The molecule has 0 atom stereocenters. The second-order valence-corrected chi connectivity index (χ2v) is 8.00. The summed E-state index contributed by atoms with van der Waals surface area (Å²) in [5, 5.41) is 11.9. The molecule has 0 saturated heterocycles. The number of rotatable bonds is 15. The normalized spacial score (nSPS) is 11.2. The minimum atomic E-state index is 0.115. The molecule has 3 aromatic carbocycles. The summed E-state index contributed by atoms with van der Waals surface area (Å²) in [5.74, 6) is 2.79. The number of aliphatic imine (C=N–C) groups is 1. The molecule has 0 aliphatic heterocycles. The number of nitrogens with two attached hydrogens (primary N) is 1. The second kappa shape index (κ2) is 14.6. The molecule has 7 nitrogen and oxygen atoms in total. The van der Waals surface area contributed by atoms with Crippen molar-refractivity contribution in [1.82, 2.24) is 5.32 Å². The highest BCUT2D eigenvalue weighted by Crippen LogP contribution is 2.28. The number of aliphatic hydroxyl groups is 1. The van der Waals surface area contributed by atoms with E-state index in [9.17, 15) is 0 Å². The standard InChI is InChI=1S/C29H35N3O4/c1-3-5-25-20-24(22-8-10-23(11-9-22)29(30)31-2)12-13-28(25)36-19-18-35-27-7-4-6-26(21-27)34-17-15-32-14-16-33/h3-4,6-13,20-21,32-33H,1,5,14-19H2,2H3,(H2,30,31). The molecule has 0 bridgehead atoms. The summed E-state index contributed by atoms with van der Waals surface area (Å²) in [6, 6.07) is 21.7. The van der Waals surface area contributed by atoms with Crippen LogP contribution in [0.4, 0.5) is 0 Å². The van der Waals surface area contributed by atoms with E-state index in [0.717, 1.165) is 39.5 Å². The number of aliphatic hydroxyl groups excluding tert-OH is 1. The van der Waals surface area contributed by atoms with E-state index in [-0.39, 0.29) is 6.61 Å². The summed E-state index contributed by atoms with van der Waals surface area (Å²) in [6.07, 6.45) is 2.57. The highest BCUT2D eigenvalue weighted by Gasteiger charge is 2.08. The number of ether oxygens (including phenoxy) is 3. The molecule has 0 unspecified atom stereocenters. The van der Waals surface area contributed by atoms with Gasteiger partial charge in [-0.15, -0.1) is 6.58 Å². The molecular formula is C29H35N3O4. The van der Waals surface area contributed by atoms with Crippen LogP contribution in [0.2, 0.25) is 0 Å². The summed E-state index contributed by atoms with van der Waals surface area (Å²) >= 11 is 0. The molecule has 0 heterocycles. The van der Waals surface area contributed by atoms with Gasteiger partial charge in [0.2, 0.25) is 0 Å². The van der Waals surface area contributed by atoms with Crippen molar-refractivity contribution in [2.75, 3.05) is 46.6 Å². The Balaban J connectivity index is 1.54. The topological polar surface area (TPSA) is 98.3 Å². The number of allylic oxidation sites excluding steroid dienone is 1. The van der Waals surface area contributed by atoms with Gasteiger partial charge in [-0.1, -0.05) is 42.5 Å². The zero-order valence-electron chi connectivity index (χ0n) is 20.8. The smallest absolute Gasteiger partial charge is 0.125 e. The number of hydrogen-bond acceptors (Lipinski definition) is 6. The average Bonchev–Trinajstić information content (AvgIpc) is 2.91. The van der Waals surface area contributed by atoms with E-state index in [4.69, 9.17) is 25.1 Å². The highest BCUT2D eigenvalue weighted by atomic mass is 16.5. The van der Waals surface area contributed by atoms with Crippen LogP contribution < -0.4 is 25.3 Å². The predicted molar refractivity (Wildman–Crippen MR) is 145 cm³/mol. The van der Waals surface area contributed by atoms with Gasteiger partial charge in [0.15, 0.2) is 0 Å². The summed E-state index contributed by atoms with van der Waals surface area (Å²) in [6.45, 7) is 6.54. The number of benzene rings is 3. The van der Waals surface area contributed by atoms with Crippen LogP contribution in [-0.4, -0.2) is 57.5 Å². The van der Waals surface area contributed by atoms with Crippen LogP contribution in [0, 0.1) is 0 Å². The first-order valence-corrected chi connectivity index (χ1v) is 12.0. The van der Waals surface area contributed by atoms with Crippen LogP contribution in [0.1, 0.15) is 11.1 Å². The number of nitrogens with zero attached hydrogens (tertiary/aromatic N) is 1. The molecule has 0 amide bonds. The minimum absolute atomic E-state index is 0.115. The fourth-order valence-electron chi connectivity index (χ4n) is 3.59. The lowest BCUT2D eigenvalue weighted by molar-refractivity contribution is 0.215. The Hall–Kier alpha value is -3.81. The van der Waals surface area contributed by atoms with E-state index in [1.807, 2.05) is 66.7 Å². The molecule has 3 aromatic rings. The van der Waals surface area contributed by atoms with Gasteiger partial charge < -0.3 is 30.4 Å². The first kappa shape index (κ1) is 26.8. The van der Waals surface area contributed by atoms with Gasteiger partial charge in [-0.2, -0.15) is 0 Å². The summed E-state index contributed by atoms with van der Waals surface area (Å²) in [7, 11) is 1.68. The van der Waals surface area contributed by atoms with Crippen LogP contribution in [0.3, 0.4) is 0 Å². The molecule has 0 aliphatic rings. The molecule has 4 N–H and O–H groups in total. The zero-order chi connectivity index (χ0) is 25.6. The number of nitrogens with one attached hydrogen (secondary N) is 1. The summed E-state index contributed by atoms with van der Waals surface area (Å²) in [5.41, 5.74) is 10.1. The quantitative estimate of drug-likeness (QED) is 0.130. The van der Waals surface area contributed by atoms with Gasteiger partial charge in [0.25, 0.3) is 0 Å². The molecule has 0 saturated carbocycles. The van der Waals surface area contributed by atoms with Crippen molar-refractivity contribution in [3.05, 3.63) is 90.5 Å². The molecule has 3 rings (SSSR count). The van der Waals surface area contributed by atoms with Gasteiger partial charge >= 0.3 is 0 Å². The van der Waals surface area contributed by atoms with Crippen LogP contribution in [-0.2, 0) is 6.42 Å². The lowest BCUT2D eigenvalue weighted by Crippen LogP contribution is -2.23. The van der Waals surface area contributed by atoms with Crippen molar-refractivity contribution >= 4 is 5.84 Å². The van der Waals surface area contributed by atoms with Gasteiger partial charge in [0.05, 0.1) is 6.61 Å². The molecule has 0 spiro atoms. The molecular weight excluding hydrogens is 454 g/mol. The van der Waals surface area contributed by atoms with Crippen molar-refractivity contribution < 1.29 is 19.3 Å². The van der Waals surface area contributed by atoms with Gasteiger partial charge in [0, 0.05) is 31.8 Å². The Kier molecular flexibility index (Phi) is 10.8. The van der Waals surface area contributed by atoms with Crippen LogP contribution >= 0.6 is 0 Å². The largest absolute Gasteiger partial charge is 0.492 e. The lowest BCUT2D eigenvalue weighted by Gasteiger charge is -2.14. The fraction of sp³-hybridized carbons (Fsp3) is 0.276. The Morgan fingerprint density at radius 1 is 0.917 bits per heavy atom. The maximum absolute atomic E-state index is 8.79. The molecule has 190 valence electrons. The van der Waals surface area contributed by atoms with E-state index in [1.165, 1.54) is 0 Å². The van der Waals surface area contributed by atoms with Crippen molar-refractivity contribution in [1.29, 1.82) is 0 Å². The van der Waals surface area contributed by atoms with Gasteiger partial charge in [0.1, 0.15) is 42.9 Å². The van der Waals surface area contributed by atoms with Crippen LogP contribution in [0.25, 0.3) is 11.1 Å².